The van der Waals surface area contributed by atoms with Gasteiger partial charge in [0.05, 0.1) is 5.69 Å². The standard InChI is InChI=1S/C23H17ClN2O/c1-2-13-27-23-20(14-25)21(16-7-10-17(24)11-8-16)19-12-9-15-5-3-4-6-18(15)22(19)26-23/h2-8,10-11H,1,9,12-13H2. The van der Waals surface area contributed by atoms with Crippen LogP contribution in [0, 0.1) is 11.3 Å². The molecule has 0 saturated heterocycles. The molecule has 0 saturated carbocycles. The molecule has 1 aliphatic carbocycles. The molecule has 3 nitrogen and oxygen atoms in total. The molecule has 1 heterocycles. The highest BCUT2D eigenvalue weighted by atomic mass is 35.5. The minimum absolute atomic E-state index is 0.294. The molecular formula is C23H17ClN2O. The number of hydrogen-bond donors (Lipinski definition) is 0. The minimum Gasteiger partial charge on any atom is -0.472 e. The molecule has 0 N–H and O–H groups in total. The summed E-state index contributed by atoms with van der Waals surface area (Å²) in [5.74, 6) is 0.345. The number of nitrogens with zero attached hydrogens (tertiary/aromatic N) is 2. The van der Waals surface area contributed by atoms with Crippen molar-refractivity contribution >= 4 is 11.6 Å². The van der Waals surface area contributed by atoms with E-state index in [2.05, 4.69) is 24.8 Å². The van der Waals surface area contributed by atoms with E-state index in [1.165, 1.54) is 5.56 Å². The summed E-state index contributed by atoms with van der Waals surface area (Å²) in [7, 11) is 0. The van der Waals surface area contributed by atoms with Gasteiger partial charge in [-0.15, -0.1) is 0 Å². The number of rotatable bonds is 4. The summed E-state index contributed by atoms with van der Waals surface area (Å²) in [5.41, 5.74) is 6.61. The van der Waals surface area contributed by atoms with Gasteiger partial charge in [0.2, 0.25) is 5.88 Å². The lowest BCUT2D eigenvalue weighted by Gasteiger charge is -2.24. The number of fused-ring (bicyclic) bond motifs is 3. The number of nitriles is 1. The van der Waals surface area contributed by atoms with Crippen LogP contribution in [0.1, 0.15) is 16.7 Å². The molecule has 2 aromatic carbocycles. The number of hydrogen-bond acceptors (Lipinski definition) is 3. The van der Waals surface area contributed by atoms with Crippen molar-refractivity contribution in [2.75, 3.05) is 6.61 Å². The maximum Gasteiger partial charge on any atom is 0.233 e. The van der Waals surface area contributed by atoms with E-state index < -0.39 is 0 Å². The first-order chi connectivity index (χ1) is 13.2. The van der Waals surface area contributed by atoms with Crippen LogP contribution in [0.25, 0.3) is 22.4 Å². The van der Waals surface area contributed by atoms with Crippen LogP contribution < -0.4 is 4.74 Å². The summed E-state index contributed by atoms with van der Waals surface area (Å²) in [6.45, 7) is 3.99. The zero-order valence-electron chi connectivity index (χ0n) is 14.7. The fraction of sp³-hybridized carbons (Fsp3) is 0.130. The van der Waals surface area contributed by atoms with E-state index in [9.17, 15) is 5.26 Å². The fourth-order valence-electron chi connectivity index (χ4n) is 3.58. The van der Waals surface area contributed by atoms with Crippen LogP contribution in [0.2, 0.25) is 5.02 Å². The van der Waals surface area contributed by atoms with Gasteiger partial charge in [-0.2, -0.15) is 5.26 Å². The Labute approximate surface area is 163 Å². The predicted molar refractivity (Wildman–Crippen MR) is 108 cm³/mol. The molecule has 132 valence electrons. The minimum atomic E-state index is 0.294. The molecule has 0 amide bonds. The molecule has 3 aromatic rings. The highest BCUT2D eigenvalue weighted by Crippen LogP contribution is 2.42. The highest BCUT2D eigenvalue weighted by Gasteiger charge is 2.26. The van der Waals surface area contributed by atoms with Crippen LogP contribution in [-0.2, 0) is 12.8 Å². The summed E-state index contributed by atoms with van der Waals surface area (Å²) in [6, 6.07) is 18.1. The van der Waals surface area contributed by atoms with Crippen LogP contribution in [0.15, 0.2) is 61.2 Å². The van der Waals surface area contributed by atoms with E-state index >= 15 is 0 Å². The molecule has 1 aromatic heterocycles. The molecule has 4 rings (SSSR count). The van der Waals surface area contributed by atoms with Crippen molar-refractivity contribution in [2.24, 2.45) is 0 Å². The quantitative estimate of drug-likeness (QED) is 0.559. The van der Waals surface area contributed by atoms with E-state index in [4.69, 9.17) is 21.3 Å². The number of aryl methyl sites for hydroxylation is 1. The first-order valence-electron chi connectivity index (χ1n) is 8.77. The Morgan fingerprint density at radius 2 is 1.93 bits per heavy atom. The summed E-state index contributed by atoms with van der Waals surface area (Å²) in [4.78, 5) is 4.75. The molecule has 1 aliphatic rings. The van der Waals surface area contributed by atoms with E-state index in [1.54, 1.807) is 6.08 Å². The smallest absolute Gasteiger partial charge is 0.233 e. The lowest BCUT2D eigenvalue weighted by Crippen LogP contribution is -2.11. The molecule has 0 unspecified atom stereocenters. The number of halogens is 1. The third-order valence-corrected chi connectivity index (χ3v) is 5.02. The third kappa shape index (κ3) is 3.09. The van der Waals surface area contributed by atoms with Crippen molar-refractivity contribution in [1.82, 2.24) is 4.98 Å². The Morgan fingerprint density at radius 1 is 1.15 bits per heavy atom. The average Bonchev–Trinajstić information content (AvgIpc) is 2.71. The molecule has 0 bridgehead atoms. The lowest BCUT2D eigenvalue weighted by atomic mass is 9.83. The third-order valence-electron chi connectivity index (χ3n) is 4.76. The van der Waals surface area contributed by atoms with Crippen molar-refractivity contribution in [3.63, 3.8) is 0 Å². The first kappa shape index (κ1) is 17.3. The highest BCUT2D eigenvalue weighted by molar-refractivity contribution is 6.30. The number of aromatic nitrogens is 1. The Hall–Kier alpha value is -3.09. The zero-order valence-corrected chi connectivity index (χ0v) is 15.5. The van der Waals surface area contributed by atoms with Gasteiger partial charge >= 0.3 is 0 Å². The van der Waals surface area contributed by atoms with Crippen LogP contribution in [0.5, 0.6) is 5.88 Å². The number of ether oxygens (including phenoxy) is 1. The average molecular weight is 373 g/mol. The van der Waals surface area contributed by atoms with Crippen LogP contribution in [0.4, 0.5) is 0 Å². The van der Waals surface area contributed by atoms with Gasteiger partial charge in [-0.05, 0) is 41.7 Å². The SMILES string of the molecule is C=CCOc1nc2c(c(-c3ccc(Cl)cc3)c1C#N)CCc1ccccc1-2. The van der Waals surface area contributed by atoms with Gasteiger partial charge < -0.3 is 4.74 Å². The summed E-state index contributed by atoms with van der Waals surface area (Å²) < 4.78 is 5.77. The van der Waals surface area contributed by atoms with Gasteiger partial charge in [0.25, 0.3) is 0 Å². The molecular weight excluding hydrogens is 356 g/mol. The van der Waals surface area contributed by atoms with Crippen molar-refractivity contribution in [3.8, 4) is 34.3 Å². The van der Waals surface area contributed by atoms with E-state index in [1.807, 2.05) is 36.4 Å². The maximum atomic E-state index is 9.89. The second-order valence-corrected chi connectivity index (χ2v) is 6.81. The molecule has 0 radical (unpaired) electrons. The van der Waals surface area contributed by atoms with Crippen molar-refractivity contribution < 1.29 is 4.74 Å². The molecule has 27 heavy (non-hydrogen) atoms. The van der Waals surface area contributed by atoms with Crippen LogP contribution in [0.3, 0.4) is 0 Å². The Morgan fingerprint density at radius 3 is 2.67 bits per heavy atom. The largest absolute Gasteiger partial charge is 0.472 e. The number of benzene rings is 2. The summed E-state index contributed by atoms with van der Waals surface area (Å²) in [6.07, 6.45) is 3.40. The Bertz CT molecular complexity index is 1060. The van der Waals surface area contributed by atoms with E-state index in [0.717, 1.165) is 40.8 Å². The molecule has 0 atom stereocenters. The Kier molecular flexibility index (Phi) is 4.66. The summed E-state index contributed by atoms with van der Waals surface area (Å²) >= 11 is 6.07. The van der Waals surface area contributed by atoms with Crippen molar-refractivity contribution in [1.29, 1.82) is 5.26 Å². The van der Waals surface area contributed by atoms with Gasteiger partial charge in [-0.1, -0.05) is 60.7 Å². The first-order valence-corrected chi connectivity index (χ1v) is 9.15. The fourth-order valence-corrected chi connectivity index (χ4v) is 3.70. The lowest BCUT2D eigenvalue weighted by molar-refractivity contribution is 0.348. The van der Waals surface area contributed by atoms with Gasteiger partial charge in [-0.25, -0.2) is 4.98 Å². The molecule has 0 fully saturated rings. The Balaban J connectivity index is 2.03. The van der Waals surface area contributed by atoms with E-state index in [-0.39, 0.29) is 0 Å². The normalized spacial score (nSPS) is 11.9. The summed E-state index contributed by atoms with van der Waals surface area (Å²) in [5, 5.41) is 10.6. The molecule has 4 heteroatoms. The topological polar surface area (TPSA) is 45.9 Å². The predicted octanol–water partition coefficient (Wildman–Crippen LogP) is 5.60. The maximum absolute atomic E-state index is 9.89. The zero-order chi connectivity index (χ0) is 18.8. The second kappa shape index (κ2) is 7.26. The molecule has 0 spiro atoms. The van der Waals surface area contributed by atoms with Crippen LogP contribution in [-0.4, -0.2) is 11.6 Å². The van der Waals surface area contributed by atoms with Gasteiger partial charge in [0, 0.05) is 16.1 Å². The second-order valence-electron chi connectivity index (χ2n) is 6.37. The van der Waals surface area contributed by atoms with Crippen molar-refractivity contribution in [3.05, 3.63) is 82.9 Å². The van der Waals surface area contributed by atoms with Crippen LogP contribution >= 0.6 is 11.6 Å². The van der Waals surface area contributed by atoms with Crippen molar-refractivity contribution in [2.45, 2.75) is 12.8 Å². The monoisotopic (exact) mass is 372 g/mol. The van der Waals surface area contributed by atoms with Gasteiger partial charge in [0.15, 0.2) is 0 Å². The van der Waals surface area contributed by atoms with E-state index in [0.29, 0.717) is 23.1 Å². The molecule has 0 aliphatic heterocycles. The van der Waals surface area contributed by atoms with Gasteiger partial charge in [0.1, 0.15) is 18.2 Å². The van der Waals surface area contributed by atoms with Gasteiger partial charge in [-0.3, -0.25) is 0 Å². The number of pyridine rings is 1.